The van der Waals surface area contributed by atoms with Gasteiger partial charge in [0.25, 0.3) is 0 Å². The van der Waals surface area contributed by atoms with Crippen molar-refractivity contribution < 1.29 is 22.7 Å². The Hall–Kier alpha value is -2.39. The zero-order valence-electron chi connectivity index (χ0n) is 18.0. The molecule has 1 heterocycles. The average molecular weight is 521 g/mol. The Kier molecular flexibility index (Phi) is 6.31. The van der Waals surface area contributed by atoms with Gasteiger partial charge in [0, 0.05) is 41.8 Å². The molecule has 0 unspecified atom stereocenters. The first-order valence-corrected chi connectivity index (χ1v) is 12.9. The highest BCUT2D eigenvalue weighted by molar-refractivity contribution is 9.10. The van der Waals surface area contributed by atoms with Gasteiger partial charge < -0.3 is 14.5 Å². The Morgan fingerprint density at radius 3 is 2.50 bits per heavy atom. The summed E-state index contributed by atoms with van der Waals surface area (Å²) in [6, 6.07) is 10.3. The molecule has 1 aliphatic heterocycles. The summed E-state index contributed by atoms with van der Waals surface area (Å²) in [5.74, 6) is 0.191. The van der Waals surface area contributed by atoms with E-state index in [4.69, 9.17) is 4.74 Å². The summed E-state index contributed by atoms with van der Waals surface area (Å²) < 4.78 is 31.8. The highest BCUT2D eigenvalue weighted by Gasteiger charge is 2.37. The van der Waals surface area contributed by atoms with E-state index in [2.05, 4.69) is 15.9 Å². The summed E-state index contributed by atoms with van der Waals surface area (Å²) >= 11 is 3.38. The molecular formula is C23H25BrN2O5S. The first kappa shape index (κ1) is 22.8. The van der Waals surface area contributed by atoms with Crippen molar-refractivity contribution in [1.82, 2.24) is 0 Å². The van der Waals surface area contributed by atoms with Crippen molar-refractivity contribution in [3.8, 4) is 5.75 Å². The van der Waals surface area contributed by atoms with Crippen LogP contribution in [0.3, 0.4) is 0 Å². The van der Waals surface area contributed by atoms with Crippen LogP contribution in [0, 0.1) is 5.92 Å². The van der Waals surface area contributed by atoms with Crippen LogP contribution in [0.5, 0.6) is 5.75 Å². The molecule has 1 saturated carbocycles. The van der Waals surface area contributed by atoms with Crippen LogP contribution in [0.4, 0.5) is 11.4 Å². The van der Waals surface area contributed by atoms with E-state index in [1.807, 2.05) is 0 Å². The molecule has 2 aromatic rings. The van der Waals surface area contributed by atoms with Crippen molar-refractivity contribution >= 4 is 49.0 Å². The number of anilines is 2. The number of rotatable bonds is 7. The van der Waals surface area contributed by atoms with E-state index in [0.29, 0.717) is 34.6 Å². The quantitative estimate of drug-likeness (QED) is 0.556. The standard InChI is InChI=1S/C23H25BrN2O5S/c1-25(17-5-7-18(31-2)8-6-17)22(27)10-12-32(29,30)21-14-20-16(13-19(21)24)9-11-26(20)23(28)15-3-4-15/h5-8,13-15H,3-4,9-12H2,1-2H3. The number of fused-ring (bicyclic) bond motifs is 1. The second-order valence-electron chi connectivity index (χ2n) is 8.15. The van der Waals surface area contributed by atoms with Gasteiger partial charge in [-0.3, -0.25) is 9.59 Å². The summed E-state index contributed by atoms with van der Waals surface area (Å²) in [4.78, 5) is 28.5. The van der Waals surface area contributed by atoms with Gasteiger partial charge >= 0.3 is 0 Å². The SMILES string of the molecule is COc1ccc(N(C)C(=O)CCS(=O)(=O)c2cc3c(cc2Br)CCN3C(=O)C2CC2)cc1. The lowest BCUT2D eigenvalue weighted by molar-refractivity contribution is -0.119. The van der Waals surface area contributed by atoms with Gasteiger partial charge in [0.1, 0.15) is 5.75 Å². The van der Waals surface area contributed by atoms with Crippen LogP contribution >= 0.6 is 15.9 Å². The Morgan fingerprint density at radius 1 is 1.19 bits per heavy atom. The number of sulfone groups is 1. The van der Waals surface area contributed by atoms with Gasteiger partial charge in [0.2, 0.25) is 11.8 Å². The highest BCUT2D eigenvalue weighted by Crippen LogP contribution is 2.39. The first-order chi connectivity index (χ1) is 15.2. The molecule has 0 bridgehead atoms. The molecule has 4 rings (SSSR count). The van der Waals surface area contributed by atoms with Crippen LogP contribution in [-0.2, 0) is 25.8 Å². The number of hydrogen-bond donors (Lipinski definition) is 0. The second kappa shape index (κ2) is 8.86. The first-order valence-electron chi connectivity index (χ1n) is 10.5. The minimum atomic E-state index is -3.74. The Morgan fingerprint density at radius 2 is 1.88 bits per heavy atom. The number of methoxy groups -OCH3 is 1. The molecule has 1 fully saturated rings. The smallest absolute Gasteiger partial charge is 0.230 e. The van der Waals surface area contributed by atoms with E-state index in [9.17, 15) is 18.0 Å². The molecule has 0 radical (unpaired) electrons. The molecule has 0 spiro atoms. The molecule has 170 valence electrons. The lowest BCUT2D eigenvalue weighted by Gasteiger charge is -2.19. The van der Waals surface area contributed by atoms with Gasteiger partial charge in [0.15, 0.2) is 9.84 Å². The van der Waals surface area contributed by atoms with Crippen LogP contribution < -0.4 is 14.5 Å². The van der Waals surface area contributed by atoms with Gasteiger partial charge in [-0.2, -0.15) is 0 Å². The molecule has 32 heavy (non-hydrogen) atoms. The van der Waals surface area contributed by atoms with Crippen LogP contribution in [0.25, 0.3) is 0 Å². The number of hydrogen-bond acceptors (Lipinski definition) is 5. The fourth-order valence-electron chi connectivity index (χ4n) is 3.86. The average Bonchev–Trinajstić information content (AvgIpc) is 3.56. The summed E-state index contributed by atoms with van der Waals surface area (Å²) in [6.45, 7) is 0.575. The van der Waals surface area contributed by atoms with Crippen LogP contribution in [-0.4, -0.2) is 46.7 Å². The summed E-state index contributed by atoms with van der Waals surface area (Å²) in [7, 11) is -0.563. The van der Waals surface area contributed by atoms with Gasteiger partial charge in [-0.25, -0.2) is 8.42 Å². The van der Waals surface area contributed by atoms with E-state index in [0.717, 1.165) is 18.4 Å². The van der Waals surface area contributed by atoms with E-state index in [1.165, 1.54) is 4.90 Å². The number of carbonyl (C=O) groups is 2. The van der Waals surface area contributed by atoms with Crippen molar-refractivity contribution in [1.29, 1.82) is 0 Å². The number of halogens is 1. The molecule has 7 nitrogen and oxygen atoms in total. The van der Waals surface area contributed by atoms with Crippen LogP contribution in [0.2, 0.25) is 0 Å². The van der Waals surface area contributed by atoms with Gasteiger partial charge in [-0.15, -0.1) is 0 Å². The Labute approximate surface area is 196 Å². The molecule has 9 heteroatoms. The van der Waals surface area contributed by atoms with Crippen molar-refractivity contribution in [2.45, 2.75) is 30.6 Å². The van der Waals surface area contributed by atoms with E-state index >= 15 is 0 Å². The van der Waals surface area contributed by atoms with Gasteiger partial charge in [-0.05, 0) is 77.2 Å². The molecule has 1 aliphatic carbocycles. The molecular weight excluding hydrogens is 496 g/mol. The third-order valence-corrected chi connectivity index (χ3v) is 8.64. The van der Waals surface area contributed by atoms with E-state index < -0.39 is 9.84 Å². The van der Waals surface area contributed by atoms with Crippen LogP contribution in [0.1, 0.15) is 24.8 Å². The summed E-state index contributed by atoms with van der Waals surface area (Å²) in [6.07, 6.45) is 2.35. The molecule has 2 amide bonds. The van der Waals surface area contributed by atoms with E-state index in [-0.39, 0.29) is 34.8 Å². The number of benzene rings is 2. The summed E-state index contributed by atoms with van der Waals surface area (Å²) in [5.41, 5.74) is 2.28. The maximum atomic E-state index is 13.1. The summed E-state index contributed by atoms with van der Waals surface area (Å²) in [5, 5.41) is 0. The maximum absolute atomic E-state index is 13.1. The fraction of sp³-hybridized carbons (Fsp3) is 0.391. The number of nitrogens with zero attached hydrogens (tertiary/aromatic N) is 2. The van der Waals surface area contributed by atoms with Crippen molar-refractivity contribution in [3.63, 3.8) is 0 Å². The molecule has 0 aromatic heterocycles. The van der Waals surface area contributed by atoms with E-state index in [1.54, 1.807) is 55.5 Å². The zero-order valence-corrected chi connectivity index (χ0v) is 20.4. The predicted molar refractivity (Wildman–Crippen MR) is 126 cm³/mol. The monoisotopic (exact) mass is 520 g/mol. The topological polar surface area (TPSA) is 84.0 Å². The van der Waals surface area contributed by atoms with Crippen molar-refractivity contribution in [3.05, 3.63) is 46.4 Å². The second-order valence-corrected chi connectivity index (χ2v) is 11.1. The number of amides is 2. The third-order valence-electron chi connectivity index (χ3n) is 5.97. The van der Waals surface area contributed by atoms with Gasteiger partial charge in [0.05, 0.1) is 17.8 Å². The molecule has 0 N–H and O–H groups in total. The molecule has 2 aliphatic rings. The zero-order chi connectivity index (χ0) is 23.0. The minimum Gasteiger partial charge on any atom is -0.497 e. The maximum Gasteiger partial charge on any atom is 0.230 e. The van der Waals surface area contributed by atoms with Gasteiger partial charge in [-0.1, -0.05) is 0 Å². The molecule has 0 atom stereocenters. The molecule has 0 saturated heterocycles. The van der Waals surface area contributed by atoms with Crippen molar-refractivity contribution in [2.24, 2.45) is 5.92 Å². The number of carbonyl (C=O) groups excluding carboxylic acids is 2. The normalized spacial score (nSPS) is 15.4. The fourth-order valence-corrected chi connectivity index (χ4v) is 6.30. The lowest BCUT2D eigenvalue weighted by Crippen LogP contribution is -2.30. The largest absolute Gasteiger partial charge is 0.497 e. The van der Waals surface area contributed by atoms with Crippen molar-refractivity contribution in [2.75, 3.05) is 36.3 Å². The Balaban J connectivity index is 1.49. The molecule has 2 aromatic carbocycles. The minimum absolute atomic E-state index is 0.0655. The third kappa shape index (κ3) is 4.54. The lowest BCUT2D eigenvalue weighted by atomic mass is 10.2. The Bertz CT molecular complexity index is 1160. The highest BCUT2D eigenvalue weighted by atomic mass is 79.9. The predicted octanol–water partition coefficient (Wildman–Crippen LogP) is 3.58. The number of ether oxygens (including phenoxy) is 1. The van der Waals surface area contributed by atoms with Crippen LogP contribution in [0.15, 0.2) is 45.8 Å².